The monoisotopic (exact) mass is 434 g/mol. The van der Waals surface area contributed by atoms with E-state index in [9.17, 15) is 9.59 Å². The Bertz CT molecular complexity index is 1190. The maximum absolute atomic E-state index is 13.5. The summed E-state index contributed by atoms with van der Waals surface area (Å²) in [6, 6.07) is 21.0. The third kappa shape index (κ3) is 3.73. The Kier molecular flexibility index (Phi) is 5.64. The summed E-state index contributed by atoms with van der Waals surface area (Å²) in [5.74, 6) is -0.0945. The standard InChI is InChI=1S/C24H19ClN2O4/c1-30-19-11-7-6-10-17(19)26-22-21(15-8-4-3-5-9-15)23(28)27(24(22)29)18-14-16(25)12-13-20(18)31-2/h3-14,26H,1-2H3. The summed E-state index contributed by atoms with van der Waals surface area (Å²) >= 11 is 6.16. The van der Waals surface area contributed by atoms with E-state index in [2.05, 4.69) is 5.32 Å². The molecule has 31 heavy (non-hydrogen) atoms. The van der Waals surface area contributed by atoms with Crippen LogP contribution in [0.2, 0.25) is 5.02 Å². The molecule has 0 fully saturated rings. The van der Waals surface area contributed by atoms with Gasteiger partial charge in [-0.3, -0.25) is 9.59 Å². The first-order chi connectivity index (χ1) is 15.0. The summed E-state index contributed by atoms with van der Waals surface area (Å²) in [5, 5.41) is 3.49. The third-order valence-electron chi connectivity index (χ3n) is 4.89. The van der Waals surface area contributed by atoms with E-state index in [1.807, 2.05) is 30.3 Å². The summed E-state index contributed by atoms with van der Waals surface area (Å²) in [5.41, 5.74) is 1.84. The summed E-state index contributed by atoms with van der Waals surface area (Å²) < 4.78 is 10.8. The highest BCUT2D eigenvalue weighted by molar-refractivity contribution is 6.46. The molecule has 0 unspecified atom stereocenters. The minimum atomic E-state index is -0.518. The van der Waals surface area contributed by atoms with Crippen molar-refractivity contribution in [2.75, 3.05) is 24.4 Å². The number of hydrogen-bond donors (Lipinski definition) is 1. The average Bonchev–Trinajstić information content (AvgIpc) is 3.03. The van der Waals surface area contributed by atoms with Crippen molar-refractivity contribution in [1.29, 1.82) is 0 Å². The molecule has 0 saturated heterocycles. The van der Waals surface area contributed by atoms with Crippen LogP contribution in [0.5, 0.6) is 11.5 Å². The summed E-state index contributed by atoms with van der Waals surface area (Å²) in [6.07, 6.45) is 0. The van der Waals surface area contributed by atoms with Gasteiger partial charge < -0.3 is 14.8 Å². The Balaban J connectivity index is 1.87. The van der Waals surface area contributed by atoms with Crippen LogP contribution in [0.15, 0.2) is 78.5 Å². The summed E-state index contributed by atoms with van der Waals surface area (Å²) in [7, 11) is 3.01. The number of hydrogen-bond acceptors (Lipinski definition) is 5. The zero-order chi connectivity index (χ0) is 22.0. The van der Waals surface area contributed by atoms with Crippen molar-refractivity contribution in [2.45, 2.75) is 0 Å². The maximum Gasteiger partial charge on any atom is 0.282 e. The van der Waals surface area contributed by atoms with Gasteiger partial charge in [-0.2, -0.15) is 0 Å². The van der Waals surface area contributed by atoms with Crippen molar-refractivity contribution >= 4 is 40.4 Å². The van der Waals surface area contributed by atoms with Gasteiger partial charge in [0.25, 0.3) is 11.8 Å². The van der Waals surface area contributed by atoms with E-state index in [4.69, 9.17) is 21.1 Å². The first-order valence-corrected chi connectivity index (χ1v) is 9.85. The molecule has 156 valence electrons. The molecule has 1 aliphatic rings. The molecule has 3 aromatic rings. The zero-order valence-corrected chi connectivity index (χ0v) is 17.6. The second-order valence-electron chi connectivity index (χ2n) is 6.70. The fourth-order valence-electron chi connectivity index (χ4n) is 3.46. The van der Waals surface area contributed by atoms with Gasteiger partial charge in [-0.1, -0.05) is 54.1 Å². The van der Waals surface area contributed by atoms with E-state index in [1.165, 1.54) is 20.3 Å². The topological polar surface area (TPSA) is 67.9 Å². The second kappa shape index (κ2) is 8.53. The van der Waals surface area contributed by atoms with Gasteiger partial charge >= 0.3 is 0 Å². The minimum Gasteiger partial charge on any atom is -0.495 e. The highest BCUT2D eigenvalue weighted by atomic mass is 35.5. The molecule has 0 spiro atoms. The van der Waals surface area contributed by atoms with E-state index in [0.29, 0.717) is 27.8 Å². The maximum atomic E-state index is 13.5. The largest absolute Gasteiger partial charge is 0.495 e. The van der Waals surface area contributed by atoms with Crippen LogP contribution in [0.25, 0.3) is 5.57 Å². The van der Waals surface area contributed by atoms with Crippen LogP contribution in [0.4, 0.5) is 11.4 Å². The molecule has 1 heterocycles. The molecule has 0 atom stereocenters. The van der Waals surface area contributed by atoms with Gasteiger partial charge in [-0.05, 0) is 35.9 Å². The van der Waals surface area contributed by atoms with Crippen molar-refractivity contribution in [3.63, 3.8) is 0 Å². The molecular formula is C24H19ClN2O4. The first-order valence-electron chi connectivity index (χ1n) is 9.47. The fourth-order valence-corrected chi connectivity index (χ4v) is 3.62. The van der Waals surface area contributed by atoms with E-state index in [0.717, 1.165) is 4.90 Å². The van der Waals surface area contributed by atoms with Crippen LogP contribution in [-0.2, 0) is 9.59 Å². The van der Waals surface area contributed by atoms with Gasteiger partial charge in [-0.15, -0.1) is 0 Å². The number of amides is 2. The van der Waals surface area contributed by atoms with Crippen LogP contribution in [0, 0.1) is 0 Å². The van der Waals surface area contributed by atoms with Gasteiger partial charge in [0.1, 0.15) is 17.2 Å². The Morgan fingerprint density at radius 3 is 2.19 bits per heavy atom. The zero-order valence-electron chi connectivity index (χ0n) is 16.9. The number of ether oxygens (including phenoxy) is 2. The number of carbonyl (C=O) groups excluding carboxylic acids is 2. The molecule has 2 amide bonds. The number of imide groups is 1. The highest BCUT2D eigenvalue weighted by Gasteiger charge is 2.41. The van der Waals surface area contributed by atoms with Crippen molar-refractivity contribution < 1.29 is 19.1 Å². The van der Waals surface area contributed by atoms with E-state index >= 15 is 0 Å². The normalized spacial score (nSPS) is 13.6. The number of benzene rings is 3. The minimum absolute atomic E-state index is 0.141. The average molecular weight is 435 g/mol. The number of nitrogens with one attached hydrogen (secondary N) is 1. The van der Waals surface area contributed by atoms with Crippen LogP contribution in [0.3, 0.4) is 0 Å². The molecule has 4 rings (SSSR count). The van der Waals surface area contributed by atoms with Crippen molar-refractivity contribution in [3.8, 4) is 11.5 Å². The van der Waals surface area contributed by atoms with Gasteiger partial charge in [-0.25, -0.2) is 4.90 Å². The van der Waals surface area contributed by atoms with Gasteiger partial charge in [0.05, 0.1) is 31.2 Å². The van der Waals surface area contributed by atoms with Crippen molar-refractivity contribution in [2.24, 2.45) is 0 Å². The van der Waals surface area contributed by atoms with Crippen LogP contribution in [-0.4, -0.2) is 26.0 Å². The molecule has 0 bridgehead atoms. The number of methoxy groups -OCH3 is 2. The second-order valence-corrected chi connectivity index (χ2v) is 7.14. The van der Waals surface area contributed by atoms with E-state index in [1.54, 1.807) is 36.4 Å². The summed E-state index contributed by atoms with van der Waals surface area (Å²) in [4.78, 5) is 28.1. The quantitative estimate of drug-likeness (QED) is 0.567. The molecule has 7 heteroatoms. The smallest absolute Gasteiger partial charge is 0.282 e. The predicted molar refractivity (Wildman–Crippen MR) is 120 cm³/mol. The number of carbonyl (C=O) groups is 2. The first kappa shape index (κ1) is 20.5. The highest BCUT2D eigenvalue weighted by Crippen LogP contribution is 2.39. The Hall–Kier alpha value is -3.77. The van der Waals surface area contributed by atoms with E-state index in [-0.39, 0.29) is 17.0 Å². The molecule has 1 aliphatic heterocycles. The lowest BCUT2D eigenvalue weighted by Gasteiger charge is -2.19. The molecule has 6 nitrogen and oxygen atoms in total. The number of anilines is 2. The lowest BCUT2D eigenvalue weighted by atomic mass is 10.0. The molecular weight excluding hydrogens is 416 g/mol. The lowest BCUT2D eigenvalue weighted by molar-refractivity contribution is -0.120. The Labute approximate surface area is 184 Å². The van der Waals surface area contributed by atoms with Crippen LogP contribution >= 0.6 is 11.6 Å². The Morgan fingerprint density at radius 2 is 1.48 bits per heavy atom. The number of halogens is 1. The Morgan fingerprint density at radius 1 is 0.806 bits per heavy atom. The van der Waals surface area contributed by atoms with Crippen LogP contribution < -0.4 is 19.7 Å². The number of nitrogens with zero attached hydrogens (tertiary/aromatic N) is 1. The predicted octanol–water partition coefficient (Wildman–Crippen LogP) is 4.75. The molecule has 0 aromatic heterocycles. The van der Waals surface area contributed by atoms with Gasteiger partial charge in [0.2, 0.25) is 0 Å². The molecule has 0 aliphatic carbocycles. The van der Waals surface area contributed by atoms with Crippen molar-refractivity contribution in [3.05, 3.63) is 89.1 Å². The molecule has 0 saturated carbocycles. The molecule has 1 N–H and O–H groups in total. The molecule has 3 aromatic carbocycles. The SMILES string of the molecule is COc1ccccc1NC1=C(c2ccccc2)C(=O)N(c2cc(Cl)ccc2OC)C1=O. The van der Waals surface area contributed by atoms with E-state index < -0.39 is 11.8 Å². The lowest BCUT2D eigenvalue weighted by Crippen LogP contribution is -2.32. The number of para-hydroxylation sites is 2. The fraction of sp³-hybridized carbons (Fsp3) is 0.0833. The van der Waals surface area contributed by atoms with Crippen molar-refractivity contribution in [1.82, 2.24) is 0 Å². The van der Waals surface area contributed by atoms with Gasteiger partial charge in [0, 0.05) is 5.02 Å². The summed E-state index contributed by atoms with van der Waals surface area (Å²) in [6.45, 7) is 0. The third-order valence-corrected chi connectivity index (χ3v) is 5.13. The van der Waals surface area contributed by atoms with Gasteiger partial charge in [0.15, 0.2) is 0 Å². The van der Waals surface area contributed by atoms with Crippen LogP contribution in [0.1, 0.15) is 5.56 Å². The number of rotatable bonds is 6. The molecule has 0 radical (unpaired) electrons.